The van der Waals surface area contributed by atoms with E-state index < -0.39 is 0 Å². The Hall–Kier alpha value is -1.84. The molecule has 1 aliphatic heterocycles. The number of carbonyl (C=O) groups is 2. The highest BCUT2D eigenvalue weighted by Gasteiger charge is 2.31. The minimum Gasteiger partial charge on any atom is -0.312 e. The first-order valence-electron chi connectivity index (χ1n) is 6.45. The van der Waals surface area contributed by atoms with E-state index in [1.807, 2.05) is 45.0 Å². The summed E-state index contributed by atoms with van der Waals surface area (Å²) in [4.78, 5) is 27.6. The minimum absolute atomic E-state index is 0.00130. The van der Waals surface area contributed by atoms with Crippen LogP contribution in [0.5, 0.6) is 0 Å². The van der Waals surface area contributed by atoms with Gasteiger partial charge in [-0.3, -0.25) is 9.59 Å². The van der Waals surface area contributed by atoms with Crippen LogP contribution in [0.15, 0.2) is 24.3 Å². The Labute approximate surface area is 114 Å². The van der Waals surface area contributed by atoms with Gasteiger partial charge in [-0.15, -0.1) is 0 Å². The standard InChI is InChI=1S/C15H20N2O2/c1-15(2,3)9-13(18)17-10-14(19)16(4)11-7-5-6-8-12(11)17/h5-8H,9-10H2,1-4H3. The Balaban J connectivity index is 2.35. The SMILES string of the molecule is CN1C(=O)CN(C(=O)CC(C)(C)C)c2ccccc21. The topological polar surface area (TPSA) is 40.6 Å². The fourth-order valence-electron chi connectivity index (χ4n) is 2.21. The first-order chi connectivity index (χ1) is 8.79. The number of hydrogen-bond donors (Lipinski definition) is 0. The van der Waals surface area contributed by atoms with Crippen LogP contribution in [0.3, 0.4) is 0 Å². The van der Waals surface area contributed by atoms with Crippen LogP contribution in [0.1, 0.15) is 27.2 Å². The highest BCUT2D eigenvalue weighted by atomic mass is 16.2. The van der Waals surface area contributed by atoms with Gasteiger partial charge in [0.1, 0.15) is 6.54 Å². The molecule has 19 heavy (non-hydrogen) atoms. The lowest BCUT2D eigenvalue weighted by molar-refractivity contribution is -0.123. The third kappa shape index (κ3) is 2.78. The molecule has 0 saturated carbocycles. The van der Waals surface area contributed by atoms with Crippen LogP contribution >= 0.6 is 0 Å². The van der Waals surface area contributed by atoms with Crippen molar-refractivity contribution >= 4 is 23.2 Å². The maximum absolute atomic E-state index is 12.4. The second-order valence-corrected chi connectivity index (χ2v) is 6.16. The lowest BCUT2D eigenvalue weighted by atomic mass is 9.91. The molecule has 102 valence electrons. The quantitative estimate of drug-likeness (QED) is 0.778. The molecule has 2 rings (SSSR count). The molecule has 0 N–H and O–H groups in total. The van der Waals surface area contributed by atoms with Crippen LogP contribution < -0.4 is 9.80 Å². The van der Waals surface area contributed by atoms with Crippen LogP contribution in [-0.2, 0) is 9.59 Å². The highest BCUT2D eigenvalue weighted by molar-refractivity contribution is 6.10. The summed E-state index contributed by atoms with van der Waals surface area (Å²) in [5, 5.41) is 0. The number of likely N-dealkylation sites (N-methyl/N-ethyl adjacent to an activating group) is 1. The molecule has 4 nitrogen and oxygen atoms in total. The summed E-state index contributed by atoms with van der Waals surface area (Å²) < 4.78 is 0. The number of amides is 2. The normalized spacial score (nSPS) is 15.5. The Morgan fingerprint density at radius 3 is 2.37 bits per heavy atom. The van der Waals surface area contributed by atoms with Crippen molar-refractivity contribution in [2.45, 2.75) is 27.2 Å². The molecule has 2 amide bonds. The van der Waals surface area contributed by atoms with E-state index in [2.05, 4.69) is 0 Å². The van der Waals surface area contributed by atoms with Crippen LogP contribution in [0.4, 0.5) is 11.4 Å². The van der Waals surface area contributed by atoms with Gasteiger partial charge in [0, 0.05) is 13.5 Å². The van der Waals surface area contributed by atoms with Crippen molar-refractivity contribution in [3.8, 4) is 0 Å². The van der Waals surface area contributed by atoms with E-state index >= 15 is 0 Å². The zero-order valence-corrected chi connectivity index (χ0v) is 11.9. The van der Waals surface area contributed by atoms with Crippen LogP contribution in [0, 0.1) is 5.41 Å². The highest BCUT2D eigenvalue weighted by Crippen LogP contribution is 2.33. The van der Waals surface area contributed by atoms with Crippen molar-refractivity contribution in [2.24, 2.45) is 5.41 Å². The first-order valence-corrected chi connectivity index (χ1v) is 6.45. The molecule has 4 heteroatoms. The van der Waals surface area contributed by atoms with Crippen molar-refractivity contribution < 1.29 is 9.59 Å². The molecule has 0 unspecified atom stereocenters. The lowest BCUT2D eigenvalue weighted by Crippen LogP contribution is -2.47. The molecule has 0 spiro atoms. The van der Waals surface area contributed by atoms with Crippen molar-refractivity contribution in [3.63, 3.8) is 0 Å². The van der Waals surface area contributed by atoms with E-state index in [4.69, 9.17) is 0 Å². The predicted octanol–water partition coefficient (Wildman–Crippen LogP) is 2.43. The summed E-state index contributed by atoms with van der Waals surface area (Å²) in [6, 6.07) is 7.52. The number of fused-ring (bicyclic) bond motifs is 1. The maximum atomic E-state index is 12.4. The number of anilines is 2. The van der Waals surface area contributed by atoms with E-state index in [1.165, 1.54) is 0 Å². The van der Waals surface area contributed by atoms with Crippen LogP contribution in [0.2, 0.25) is 0 Å². The van der Waals surface area contributed by atoms with Gasteiger partial charge in [0.15, 0.2) is 0 Å². The summed E-state index contributed by atoms with van der Waals surface area (Å²) >= 11 is 0. The van der Waals surface area contributed by atoms with Crippen molar-refractivity contribution in [2.75, 3.05) is 23.4 Å². The smallest absolute Gasteiger partial charge is 0.246 e. The van der Waals surface area contributed by atoms with Crippen LogP contribution in [0.25, 0.3) is 0 Å². The number of carbonyl (C=O) groups excluding carboxylic acids is 2. The molecule has 0 bridgehead atoms. The summed E-state index contributed by atoms with van der Waals surface area (Å²) in [6.45, 7) is 6.19. The molecule has 1 heterocycles. The van der Waals surface area contributed by atoms with Gasteiger partial charge < -0.3 is 9.80 Å². The summed E-state index contributed by atoms with van der Waals surface area (Å²) in [6.07, 6.45) is 0.429. The van der Waals surface area contributed by atoms with Gasteiger partial charge in [-0.25, -0.2) is 0 Å². The Morgan fingerprint density at radius 1 is 1.21 bits per heavy atom. The van der Waals surface area contributed by atoms with Gasteiger partial charge in [0.05, 0.1) is 11.4 Å². The van der Waals surface area contributed by atoms with Gasteiger partial charge >= 0.3 is 0 Å². The average molecular weight is 260 g/mol. The molecular formula is C15H20N2O2. The third-order valence-corrected chi connectivity index (χ3v) is 3.18. The lowest BCUT2D eigenvalue weighted by Gasteiger charge is -2.35. The molecule has 1 aromatic carbocycles. The second kappa shape index (κ2) is 4.68. The molecule has 0 radical (unpaired) electrons. The Morgan fingerprint density at radius 2 is 1.79 bits per heavy atom. The van der Waals surface area contributed by atoms with E-state index in [0.29, 0.717) is 6.42 Å². The summed E-state index contributed by atoms with van der Waals surface area (Å²) in [7, 11) is 1.74. The summed E-state index contributed by atoms with van der Waals surface area (Å²) in [5.41, 5.74) is 1.53. The third-order valence-electron chi connectivity index (χ3n) is 3.18. The van der Waals surface area contributed by atoms with Crippen LogP contribution in [-0.4, -0.2) is 25.4 Å². The number of rotatable bonds is 1. The zero-order chi connectivity index (χ0) is 14.2. The molecule has 0 aromatic heterocycles. The number of hydrogen-bond acceptors (Lipinski definition) is 2. The molecule has 0 aliphatic carbocycles. The van der Waals surface area contributed by atoms with E-state index in [-0.39, 0.29) is 23.8 Å². The molecule has 1 aromatic rings. The number of nitrogens with zero attached hydrogens (tertiary/aromatic N) is 2. The van der Waals surface area contributed by atoms with E-state index in [0.717, 1.165) is 11.4 Å². The maximum Gasteiger partial charge on any atom is 0.246 e. The fraction of sp³-hybridized carbons (Fsp3) is 0.467. The van der Waals surface area contributed by atoms with E-state index in [1.54, 1.807) is 16.8 Å². The molecule has 0 atom stereocenters. The molecule has 1 aliphatic rings. The Kier molecular flexibility index (Phi) is 3.35. The van der Waals surface area contributed by atoms with Gasteiger partial charge in [0.2, 0.25) is 11.8 Å². The fourth-order valence-corrected chi connectivity index (χ4v) is 2.21. The summed E-state index contributed by atoms with van der Waals surface area (Å²) in [5.74, 6) is -0.0534. The van der Waals surface area contributed by atoms with Crippen molar-refractivity contribution in [3.05, 3.63) is 24.3 Å². The minimum atomic E-state index is -0.0849. The number of benzene rings is 1. The van der Waals surface area contributed by atoms with E-state index in [9.17, 15) is 9.59 Å². The van der Waals surface area contributed by atoms with Gasteiger partial charge in [-0.1, -0.05) is 32.9 Å². The van der Waals surface area contributed by atoms with Gasteiger partial charge in [-0.05, 0) is 17.5 Å². The zero-order valence-electron chi connectivity index (χ0n) is 11.9. The monoisotopic (exact) mass is 260 g/mol. The first kappa shape index (κ1) is 13.6. The molecule has 0 fully saturated rings. The largest absolute Gasteiger partial charge is 0.312 e. The predicted molar refractivity (Wildman–Crippen MR) is 76.3 cm³/mol. The molecule has 0 saturated heterocycles. The number of para-hydroxylation sites is 2. The van der Waals surface area contributed by atoms with Gasteiger partial charge in [0.25, 0.3) is 0 Å². The Bertz CT molecular complexity index is 517. The van der Waals surface area contributed by atoms with Gasteiger partial charge in [-0.2, -0.15) is 0 Å². The van der Waals surface area contributed by atoms with Crippen molar-refractivity contribution in [1.29, 1.82) is 0 Å². The molecular weight excluding hydrogens is 240 g/mol. The van der Waals surface area contributed by atoms with Crippen molar-refractivity contribution in [1.82, 2.24) is 0 Å². The average Bonchev–Trinajstić information content (AvgIpc) is 2.31. The second-order valence-electron chi connectivity index (χ2n) is 6.16.